The highest BCUT2D eigenvalue weighted by molar-refractivity contribution is 5.95. The summed E-state index contributed by atoms with van der Waals surface area (Å²) in [6.07, 6.45) is 4.66. The Bertz CT molecular complexity index is 3640. The molecule has 1 saturated carbocycles. The van der Waals surface area contributed by atoms with E-state index in [4.69, 9.17) is 0 Å². The molecule has 2 heteroatoms. The predicted molar refractivity (Wildman–Crippen MR) is 293 cm³/mol. The van der Waals surface area contributed by atoms with Crippen molar-refractivity contribution >= 4 is 44.9 Å². The zero-order chi connectivity index (χ0) is 46.6. The van der Waals surface area contributed by atoms with Gasteiger partial charge in [-0.1, -0.05) is 178 Å². The summed E-state index contributed by atoms with van der Waals surface area (Å²) >= 11 is 0. The Morgan fingerprint density at radius 3 is 1.54 bits per heavy atom. The molecule has 3 unspecified atom stereocenters. The number of benzene rings is 10. The Hall–Kier alpha value is -7.94. The van der Waals surface area contributed by atoms with Crippen molar-refractivity contribution in [2.24, 2.45) is 11.8 Å². The molecule has 0 amide bonds. The quantitative estimate of drug-likeness (QED) is 0.150. The van der Waals surface area contributed by atoms with Crippen LogP contribution < -0.4 is 9.80 Å². The lowest BCUT2D eigenvalue weighted by Gasteiger charge is -2.40. The summed E-state index contributed by atoms with van der Waals surface area (Å²) in [6.45, 7) is 4.84. The zero-order valence-electron chi connectivity index (χ0n) is 39.8. The van der Waals surface area contributed by atoms with E-state index in [1.165, 1.54) is 124 Å². The molecule has 0 aromatic heterocycles. The fourth-order valence-electron chi connectivity index (χ4n) is 14.0. The molecule has 4 aliphatic rings. The maximum atomic E-state index is 2.61. The number of hydrogen-bond donors (Lipinski definition) is 0. The molecule has 1 fully saturated rings. The van der Waals surface area contributed by atoms with Gasteiger partial charge < -0.3 is 9.80 Å². The fraction of sp³-hybridized carbons (Fsp3) is 0.147. The van der Waals surface area contributed by atoms with E-state index in [0.29, 0.717) is 11.8 Å². The smallest absolute Gasteiger partial charge is 0.0505 e. The summed E-state index contributed by atoms with van der Waals surface area (Å²) in [4.78, 5) is 5.18. The minimum absolute atomic E-state index is 0.153. The van der Waals surface area contributed by atoms with E-state index < -0.39 is 0 Å². The van der Waals surface area contributed by atoms with Crippen LogP contribution in [-0.2, 0) is 23.7 Å². The van der Waals surface area contributed by atoms with Crippen LogP contribution in [0.4, 0.5) is 34.1 Å². The van der Waals surface area contributed by atoms with Gasteiger partial charge in [-0.15, -0.1) is 0 Å². The summed E-state index contributed by atoms with van der Waals surface area (Å²) in [5.41, 5.74) is 23.6. The van der Waals surface area contributed by atoms with Gasteiger partial charge in [0.15, 0.2) is 0 Å². The molecule has 0 bridgehead atoms. The highest BCUT2D eigenvalue weighted by atomic mass is 15.2. The van der Waals surface area contributed by atoms with Gasteiger partial charge in [-0.05, 0) is 182 Å². The molecule has 0 radical (unpaired) electrons. The summed E-state index contributed by atoms with van der Waals surface area (Å²) in [7, 11) is 0. The second kappa shape index (κ2) is 15.8. The second-order valence-electron chi connectivity index (χ2n) is 20.8. The van der Waals surface area contributed by atoms with E-state index in [9.17, 15) is 0 Å². The van der Waals surface area contributed by atoms with E-state index >= 15 is 0 Å². The van der Waals surface area contributed by atoms with E-state index in [0.717, 1.165) is 12.8 Å². The first-order valence-corrected chi connectivity index (χ1v) is 25.3. The molecule has 10 aromatic carbocycles. The molecule has 0 saturated heterocycles. The van der Waals surface area contributed by atoms with Gasteiger partial charge >= 0.3 is 0 Å². The van der Waals surface area contributed by atoms with Crippen molar-refractivity contribution < 1.29 is 0 Å². The van der Waals surface area contributed by atoms with Crippen LogP contribution in [-0.4, -0.2) is 0 Å². The summed E-state index contributed by atoms with van der Waals surface area (Å²) in [5.74, 6) is 1.01. The normalized spacial score (nSPS) is 18.7. The zero-order valence-corrected chi connectivity index (χ0v) is 39.8. The Morgan fingerprint density at radius 2 is 0.900 bits per heavy atom. The maximum absolute atomic E-state index is 2.61. The van der Waals surface area contributed by atoms with Gasteiger partial charge in [0.25, 0.3) is 0 Å². The molecular weight excluding hydrogens is 845 g/mol. The fourth-order valence-corrected chi connectivity index (χ4v) is 14.0. The molecule has 70 heavy (non-hydrogen) atoms. The third-order valence-electron chi connectivity index (χ3n) is 16.9. The van der Waals surface area contributed by atoms with E-state index in [1.807, 2.05) is 0 Å². The monoisotopic (exact) mass is 898 g/mol. The van der Waals surface area contributed by atoms with Crippen molar-refractivity contribution in [2.75, 3.05) is 9.80 Å². The standard InChI is InChI=1S/C68H54N2/c1-67(2)60-28-16-27-58(47-18-6-3-7-19-47)64(60)59-40-39-57(44-61(59)67)70(55-25-10-5-11-26-55)63-30-15-22-51-43-53-36-35-52-42-50-21-14-29-62(65(50)68(52,53)66(51)63)69(54-23-8-4-9-24-54)56-37-33-46(34-38-56)49-32-31-45-17-12-13-20-48(45)41-49/h3-34,37-41,44,52-53H,35-36,42-43H2,1-2H3. The molecule has 336 valence electrons. The van der Waals surface area contributed by atoms with Crippen molar-refractivity contribution in [1.82, 2.24) is 0 Å². The topological polar surface area (TPSA) is 6.48 Å². The summed E-state index contributed by atoms with van der Waals surface area (Å²) in [6, 6.07) is 86.7. The molecule has 2 nitrogen and oxygen atoms in total. The lowest BCUT2D eigenvalue weighted by molar-refractivity contribution is 0.350. The Labute approximate surface area is 412 Å². The van der Waals surface area contributed by atoms with Crippen LogP contribution in [0.15, 0.2) is 231 Å². The minimum atomic E-state index is -0.180. The van der Waals surface area contributed by atoms with Gasteiger partial charge in [-0.3, -0.25) is 0 Å². The maximum Gasteiger partial charge on any atom is 0.0505 e. The van der Waals surface area contributed by atoms with Crippen molar-refractivity contribution in [3.8, 4) is 33.4 Å². The Morgan fingerprint density at radius 1 is 0.371 bits per heavy atom. The molecule has 14 rings (SSSR count). The minimum Gasteiger partial charge on any atom is -0.310 e. The van der Waals surface area contributed by atoms with Crippen LogP contribution in [0.3, 0.4) is 0 Å². The van der Waals surface area contributed by atoms with E-state index in [1.54, 1.807) is 0 Å². The van der Waals surface area contributed by atoms with Crippen molar-refractivity contribution in [1.29, 1.82) is 0 Å². The van der Waals surface area contributed by atoms with E-state index in [-0.39, 0.29) is 10.8 Å². The number of rotatable bonds is 8. The molecule has 0 heterocycles. The molecule has 3 atom stereocenters. The van der Waals surface area contributed by atoms with Gasteiger partial charge in [-0.25, -0.2) is 0 Å². The molecule has 1 spiro atoms. The molecule has 0 aliphatic heterocycles. The van der Waals surface area contributed by atoms with Gasteiger partial charge in [0.1, 0.15) is 0 Å². The van der Waals surface area contributed by atoms with E-state index in [2.05, 4.69) is 254 Å². The Balaban J connectivity index is 0.943. The van der Waals surface area contributed by atoms with Gasteiger partial charge in [-0.2, -0.15) is 0 Å². The first kappa shape index (κ1) is 41.1. The number of nitrogens with zero attached hydrogens (tertiary/aromatic N) is 2. The van der Waals surface area contributed by atoms with Crippen LogP contribution >= 0.6 is 0 Å². The average molecular weight is 899 g/mol. The van der Waals surface area contributed by atoms with Crippen LogP contribution in [0.1, 0.15) is 60.1 Å². The van der Waals surface area contributed by atoms with Crippen LogP contribution in [0, 0.1) is 11.8 Å². The largest absolute Gasteiger partial charge is 0.310 e. The number of fused-ring (bicyclic) bond motifs is 6. The van der Waals surface area contributed by atoms with Crippen molar-refractivity contribution in [3.63, 3.8) is 0 Å². The number of hydrogen-bond acceptors (Lipinski definition) is 2. The number of para-hydroxylation sites is 2. The van der Waals surface area contributed by atoms with Crippen molar-refractivity contribution in [3.05, 3.63) is 264 Å². The molecule has 10 aromatic rings. The highest BCUT2D eigenvalue weighted by Gasteiger charge is 2.62. The molecule has 4 aliphatic carbocycles. The first-order valence-electron chi connectivity index (χ1n) is 25.3. The van der Waals surface area contributed by atoms with Crippen LogP contribution in [0.2, 0.25) is 0 Å². The summed E-state index contributed by atoms with van der Waals surface area (Å²) < 4.78 is 0. The van der Waals surface area contributed by atoms with Gasteiger partial charge in [0, 0.05) is 33.6 Å². The highest BCUT2D eigenvalue weighted by Crippen LogP contribution is 2.69. The van der Waals surface area contributed by atoms with Crippen molar-refractivity contribution in [2.45, 2.75) is 50.4 Å². The Kier molecular flexibility index (Phi) is 9.27. The van der Waals surface area contributed by atoms with Crippen LogP contribution in [0.5, 0.6) is 0 Å². The number of anilines is 6. The molecular formula is C68H54N2. The van der Waals surface area contributed by atoms with Gasteiger partial charge in [0.05, 0.1) is 11.4 Å². The lowest BCUT2D eigenvalue weighted by atomic mass is 9.68. The third kappa shape index (κ3) is 6.05. The van der Waals surface area contributed by atoms with Gasteiger partial charge in [0.2, 0.25) is 0 Å². The lowest BCUT2D eigenvalue weighted by Crippen LogP contribution is -2.34. The first-order chi connectivity index (χ1) is 34.5. The molecule has 0 N–H and O–H groups in total. The SMILES string of the molecule is CC1(C)c2cc(N(c3ccccc3)c3cccc4c3C35c6c(cccc6N(c6ccccc6)c6ccc(-c7ccc8ccccc8c7)cc6)CC3CCC5C4)ccc2-c2c(-c3ccccc3)cccc21. The summed E-state index contributed by atoms with van der Waals surface area (Å²) in [5, 5.41) is 2.53. The second-order valence-corrected chi connectivity index (χ2v) is 20.8. The average Bonchev–Trinajstić information content (AvgIpc) is 4.11. The third-order valence-corrected chi connectivity index (χ3v) is 16.9. The van der Waals surface area contributed by atoms with Crippen LogP contribution in [0.25, 0.3) is 44.2 Å². The predicted octanol–water partition coefficient (Wildman–Crippen LogP) is 17.8.